The van der Waals surface area contributed by atoms with Crippen LogP contribution in [0.25, 0.3) is 16.8 Å². The first-order valence-corrected chi connectivity index (χ1v) is 10.2. The maximum Gasteiger partial charge on any atom is 0.339 e. The number of nitrogens with one attached hydrogen (secondary N) is 1. The van der Waals surface area contributed by atoms with Crippen LogP contribution in [0.4, 0.5) is 5.69 Å². The predicted octanol–water partition coefficient (Wildman–Crippen LogP) is 4.37. The molecule has 1 aromatic heterocycles. The third kappa shape index (κ3) is 4.94. The Bertz CT molecular complexity index is 1230. The van der Waals surface area contributed by atoms with Gasteiger partial charge in [0.2, 0.25) is 0 Å². The van der Waals surface area contributed by atoms with E-state index in [1.54, 1.807) is 7.11 Å². The minimum atomic E-state index is -0.592. The largest absolute Gasteiger partial charge is 0.497 e. The van der Waals surface area contributed by atoms with Crippen LogP contribution in [0.1, 0.15) is 25.7 Å². The summed E-state index contributed by atoms with van der Waals surface area (Å²) in [6.07, 6.45) is 1.43. The first-order chi connectivity index (χ1) is 15.5. The SMILES string of the molecule is COC(=O)c1ccc(C(=O)OC)c(N/C=C(\C#N)c2nc(-c3cccc(OC)c3)cs2)c1. The quantitative estimate of drug-likeness (QED) is 0.418. The van der Waals surface area contributed by atoms with Gasteiger partial charge in [0.25, 0.3) is 0 Å². The highest BCUT2D eigenvalue weighted by atomic mass is 32.1. The molecule has 3 rings (SSSR count). The zero-order chi connectivity index (χ0) is 23.1. The van der Waals surface area contributed by atoms with Crippen LogP contribution < -0.4 is 10.1 Å². The zero-order valence-electron chi connectivity index (χ0n) is 17.5. The van der Waals surface area contributed by atoms with Gasteiger partial charge in [-0.05, 0) is 30.3 Å². The third-order valence-corrected chi connectivity index (χ3v) is 5.31. The molecule has 9 heteroatoms. The summed E-state index contributed by atoms with van der Waals surface area (Å²) in [5.74, 6) is -0.446. The van der Waals surface area contributed by atoms with Crippen LogP contribution >= 0.6 is 11.3 Å². The molecule has 0 spiro atoms. The van der Waals surface area contributed by atoms with Gasteiger partial charge in [0, 0.05) is 17.1 Å². The number of allylic oxidation sites excluding steroid dienone is 1. The molecule has 0 bridgehead atoms. The fraction of sp³-hybridized carbons (Fsp3) is 0.130. The van der Waals surface area contributed by atoms with Crippen LogP contribution in [0.2, 0.25) is 0 Å². The molecule has 0 atom stereocenters. The van der Waals surface area contributed by atoms with Crippen molar-refractivity contribution < 1.29 is 23.8 Å². The number of thiazole rings is 1. The monoisotopic (exact) mass is 449 g/mol. The summed E-state index contributed by atoms with van der Waals surface area (Å²) in [6.45, 7) is 0. The highest BCUT2D eigenvalue weighted by Gasteiger charge is 2.16. The molecule has 3 aromatic rings. The number of nitriles is 1. The number of methoxy groups -OCH3 is 3. The molecular formula is C23H19N3O5S. The number of esters is 2. The maximum atomic E-state index is 12.1. The second-order valence-electron chi connectivity index (χ2n) is 6.33. The lowest BCUT2D eigenvalue weighted by molar-refractivity contribution is 0.0587. The van der Waals surface area contributed by atoms with Crippen molar-refractivity contribution >= 4 is 34.5 Å². The molecule has 0 unspecified atom stereocenters. The van der Waals surface area contributed by atoms with Crippen molar-refractivity contribution in [3.63, 3.8) is 0 Å². The summed E-state index contributed by atoms with van der Waals surface area (Å²) in [7, 11) is 4.11. The lowest BCUT2D eigenvalue weighted by Gasteiger charge is -2.10. The summed E-state index contributed by atoms with van der Waals surface area (Å²) < 4.78 is 14.8. The fourth-order valence-corrected chi connectivity index (χ4v) is 3.60. The smallest absolute Gasteiger partial charge is 0.339 e. The third-order valence-electron chi connectivity index (χ3n) is 4.44. The summed E-state index contributed by atoms with van der Waals surface area (Å²) in [4.78, 5) is 28.5. The van der Waals surface area contributed by atoms with Gasteiger partial charge in [-0.15, -0.1) is 11.3 Å². The van der Waals surface area contributed by atoms with Gasteiger partial charge in [-0.25, -0.2) is 14.6 Å². The van der Waals surface area contributed by atoms with E-state index in [1.807, 2.05) is 29.6 Å². The van der Waals surface area contributed by atoms with Crippen molar-refractivity contribution in [2.45, 2.75) is 0 Å². The normalized spacial score (nSPS) is 10.8. The molecule has 0 saturated heterocycles. The topological polar surface area (TPSA) is 111 Å². The van der Waals surface area contributed by atoms with E-state index in [-0.39, 0.29) is 22.4 Å². The van der Waals surface area contributed by atoms with Gasteiger partial charge in [-0.2, -0.15) is 5.26 Å². The van der Waals surface area contributed by atoms with Crippen LogP contribution in [-0.4, -0.2) is 38.3 Å². The van der Waals surface area contributed by atoms with Gasteiger partial charge in [-0.3, -0.25) is 0 Å². The molecular weight excluding hydrogens is 430 g/mol. The second kappa shape index (κ2) is 10.2. The molecule has 0 saturated carbocycles. The van der Waals surface area contributed by atoms with Crippen LogP contribution in [0, 0.1) is 11.3 Å². The predicted molar refractivity (Wildman–Crippen MR) is 120 cm³/mol. The standard InChI is InChI=1S/C23H19N3O5S/c1-29-17-6-4-5-14(9-17)20-13-32-21(26-20)16(11-24)12-25-19-10-15(22(27)30-2)7-8-18(19)23(28)31-3/h4-10,12-13,25H,1-3H3/b16-12+. The van der Waals surface area contributed by atoms with Gasteiger partial charge in [0.1, 0.15) is 22.4 Å². The number of carbonyl (C=O) groups excluding carboxylic acids is 2. The fourth-order valence-electron chi connectivity index (χ4n) is 2.80. The van der Waals surface area contributed by atoms with Crippen molar-refractivity contribution in [2.75, 3.05) is 26.6 Å². The van der Waals surface area contributed by atoms with Crippen molar-refractivity contribution in [3.8, 4) is 23.1 Å². The van der Waals surface area contributed by atoms with Crippen molar-refractivity contribution in [2.24, 2.45) is 0 Å². The number of anilines is 1. The Morgan fingerprint density at radius 3 is 2.56 bits per heavy atom. The number of hydrogen-bond acceptors (Lipinski definition) is 9. The van der Waals surface area contributed by atoms with Crippen LogP contribution in [0.3, 0.4) is 0 Å². The molecule has 8 nitrogen and oxygen atoms in total. The Labute approximate surface area is 188 Å². The van der Waals surface area contributed by atoms with E-state index in [0.717, 1.165) is 5.56 Å². The molecule has 32 heavy (non-hydrogen) atoms. The lowest BCUT2D eigenvalue weighted by Crippen LogP contribution is -2.08. The van der Waals surface area contributed by atoms with Gasteiger partial charge in [-0.1, -0.05) is 12.1 Å². The van der Waals surface area contributed by atoms with E-state index in [4.69, 9.17) is 14.2 Å². The molecule has 162 valence electrons. The Morgan fingerprint density at radius 1 is 1.09 bits per heavy atom. The molecule has 0 amide bonds. The number of aromatic nitrogens is 1. The van der Waals surface area contributed by atoms with Gasteiger partial charge >= 0.3 is 11.9 Å². The average molecular weight is 449 g/mol. The number of nitrogens with zero attached hydrogens (tertiary/aromatic N) is 2. The van der Waals surface area contributed by atoms with Gasteiger partial charge in [0.05, 0.1) is 43.8 Å². The van der Waals surface area contributed by atoms with Crippen LogP contribution in [0.5, 0.6) is 5.75 Å². The number of benzene rings is 2. The minimum absolute atomic E-state index is 0.199. The highest BCUT2D eigenvalue weighted by Crippen LogP contribution is 2.28. The molecule has 0 radical (unpaired) electrons. The summed E-state index contributed by atoms with van der Waals surface area (Å²) >= 11 is 1.30. The maximum absolute atomic E-state index is 12.1. The number of ether oxygens (including phenoxy) is 3. The minimum Gasteiger partial charge on any atom is -0.497 e. The van der Waals surface area contributed by atoms with Crippen molar-refractivity contribution in [1.29, 1.82) is 5.26 Å². The molecule has 1 N–H and O–H groups in total. The van der Waals surface area contributed by atoms with E-state index in [0.29, 0.717) is 16.5 Å². The Hall–Kier alpha value is -4.16. The lowest BCUT2D eigenvalue weighted by atomic mass is 10.1. The molecule has 1 heterocycles. The van der Waals surface area contributed by atoms with Gasteiger partial charge in [0.15, 0.2) is 0 Å². The van der Waals surface area contributed by atoms with Crippen LogP contribution in [0.15, 0.2) is 54.0 Å². The highest BCUT2D eigenvalue weighted by molar-refractivity contribution is 7.11. The van der Waals surface area contributed by atoms with E-state index in [2.05, 4.69) is 16.4 Å². The Kier molecular flexibility index (Phi) is 7.21. The van der Waals surface area contributed by atoms with Crippen molar-refractivity contribution in [3.05, 3.63) is 70.2 Å². The number of hydrogen-bond donors (Lipinski definition) is 1. The van der Waals surface area contributed by atoms with Gasteiger partial charge < -0.3 is 19.5 Å². The molecule has 0 aliphatic heterocycles. The Morgan fingerprint density at radius 2 is 1.88 bits per heavy atom. The summed E-state index contributed by atoms with van der Waals surface area (Å²) in [6, 6.07) is 13.9. The molecule has 0 aliphatic rings. The van der Waals surface area contributed by atoms with E-state index in [9.17, 15) is 14.9 Å². The first kappa shape index (κ1) is 22.5. The van der Waals surface area contributed by atoms with E-state index >= 15 is 0 Å². The number of carbonyl (C=O) groups is 2. The van der Waals surface area contributed by atoms with Crippen LogP contribution in [-0.2, 0) is 9.47 Å². The Balaban J connectivity index is 1.92. The second-order valence-corrected chi connectivity index (χ2v) is 7.19. The average Bonchev–Trinajstić information content (AvgIpc) is 3.33. The molecule has 0 fully saturated rings. The summed E-state index contributed by atoms with van der Waals surface area (Å²) in [5, 5.41) is 14.9. The summed E-state index contributed by atoms with van der Waals surface area (Å²) in [5.41, 5.74) is 2.54. The molecule has 2 aromatic carbocycles. The number of rotatable bonds is 7. The van der Waals surface area contributed by atoms with Crippen molar-refractivity contribution in [1.82, 2.24) is 4.98 Å². The van der Waals surface area contributed by atoms with E-state index in [1.165, 1.54) is 50.0 Å². The zero-order valence-corrected chi connectivity index (χ0v) is 18.4. The molecule has 0 aliphatic carbocycles. The van der Waals surface area contributed by atoms with E-state index < -0.39 is 11.9 Å². The first-order valence-electron chi connectivity index (χ1n) is 9.28.